The summed E-state index contributed by atoms with van der Waals surface area (Å²) in [6.45, 7) is 10.4. The Hall–Kier alpha value is -3.05. The zero-order valence-electron chi connectivity index (χ0n) is 18.9. The molecule has 8 nitrogen and oxygen atoms in total. The molecule has 0 fully saturated rings. The number of hydrogen-bond acceptors (Lipinski definition) is 7. The smallest absolute Gasteiger partial charge is 0.333 e. The molecule has 0 aliphatic carbocycles. The third-order valence-electron chi connectivity index (χ3n) is 4.24. The van der Waals surface area contributed by atoms with Crippen LogP contribution in [0.3, 0.4) is 0 Å². The van der Waals surface area contributed by atoms with Crippen LogP contribution in [0.15, 0.2) is 70.3 Å². The molecule has 12 heteroatoms. The van der Waals surface area contributed by atoms with E-state index in [1.54, 1.807) is 44.3 Å². The minimum Gasteiger partial charge on any atom is -0.388 e. The largest absolute Gasteiger partial charge is 0.388 e. The molecule has 0 aromatic heterocycles. The maximum absolute atomic E-state index is 13.1. The molecule has 2 aromatic rings. The Balaban J connectivity index is 0.00000298. The van der Waals surface area contributed by atoms with Crippen LogP contribution in [0.5, 0.6) is 0 Å². The number of sulfonamides is 1. The predicted molar refractivity (Wildman–Crippen MR) is 145 cm³/mol. The lowest BCUT2D eigenvalue weighted by Gasteiger charge is -2.14. The number of nitrogens with one attached hydrogen (secondary N) is 3. The Labute approximate surface area is 218 Å². The number of anilines is 2. The first-order chi connectivity index (χ1) is 16.5. The highest BCUT2D eigenvalue weighted by Crippen LogP contribution is 2.31. The van der Waals surface area contributed by atoms with Gasteiger partial charge in [-0.1, -0.05) is 72.4 Å². The molecule has 0 bridgehead atoms. The first-order valence-electron chi connectivity index (χ1n) is 9.61. The number of para-hydroxylation sites is 1. The van der Waals surface area contributed by atoms with Crippen molar-refractivity contribution in [2.45, 2.75) is 6.92 Å². The zero-order valence-corrected chi connectivity index (χ0v) is 22.0. The van der Waals surface area contributed by atoms with Crippen LogP contribution in [0.1, 0.15) is 22.8 Å². The molecular weight excluding hydrogens is 533 g/mol. The molecule has 0 heterocycles. The molecule has 0 aliphatic rings. The van der Waals surface area contributed by atoms with Crippen LogP contribution in [-0.2, 0) is 14.8 Å². The van der Waals surface area contributed by atoms with E-state index in [0.29, 0.717) is 34.1 Å². The van der Waals surface area contributed by atoms with Crippen molar-refractivity contribution in [2.24, 2.45) is 0 Å². The van der Waals surface area contributed by atoms with Crippen molar-refractivity contribution >= 4 is 80.5 Å². The van der Waals surface area contributed by atoms with Crippen LogP contribution in [0, 0.1) is 0 Å². The summed E-state index contributed by atoms with van der Waals surface area (Å²) < 4.78 is 25.6. The molecule has 0 radical (unpaired) electrons. The van der Waals surface area contributed by atoms with E-state index in [0.717, 1.165) is 0 Å². The Morgan fingerprint density at radius 2 is 1.69 bits per heavy atom. The fourth-order valence-electron chi connectivity index (χ4n) is 2.78. The molecule has 0 spiro atoms. The van der Waals surface area contributed by atoms with E-state index < -0.39 is 16.1 Å². The van der Waals surface area contributed by atoms with Gasteiger partial charge in [0.1, 0.15) is 11.0 Å². The SMILES string of the molecule is C=C(Cl)SC(=C)S(=O)(=O)NC(=O)Nc1ccc(/C(=C/C)C(=O)c2ccccc2NC)c(Cl)c1.C=O. The lowest BCUT2D eigenvalue weighted by atomic mass is 9.95. The minimum absolute atomic E-state index is 0.0141. The fraction of sp³-hybridized carbons (Fsp3) is 0.0870. The maximum Gasteiger partial charge on any atom is 0.333 e. The monoisotopic (exact) mass is 555 g/mol. The van der Waals surface area contributed by atoms with Crippen LogP contribution in [-0.4, -0.2) is 34.1 Å². The summed E-state index contributed by atoms with van der Waals surface area (Å²) in [6, 6.07) is 10.5. The van der Waals surface area contributed by atoms with Gasteiger partial charge in [-0.3, -0.25) is 4.79 Å². The van der Waals surface area contributed by atoms with Crippen LogP contribution in [0.4, 0.5) is 16.2 Å². The summed E-state index contributed by atoms with van der Waals surface area (Å²) in [5.41, 5.74) is 2.20. The fourth-order valence-corrected chi connectivity index (χ4v) is 5.00. The van der Waals surface area contributed by atoms with Gasteiger partial charge in [-0.2, -0.15) is 0 Å². The van der Waals surface area contributed by atoms with Gasteiger partial charge in [0.05, 0.1) is 9.39 Å². The number of allylic oxidation sites excluding steroid dienone is 2. The number of hydrogen-bond donors (Lipinski definition) is 3. The average Bonchev–Trinajstić information content (AvgIpc) is 2.81. The average molecular weight is 556 g/mol. The van der Waals surface area contributed by atoms with Gasteiger partial charge in [-0.25, -0.2) is 17.9 Å². The van der Waals surface area contributed by atoms with Crippen molar-refractivity contribution in [2.75, 3.05) is 17.7 Å². The van der Waals surface area contributed by atoms with Gasteiger partial charge in [0.15, 0.2) is 5.78 Å². The summed E-state index contributed by atoms with van der Waals surface area (Å²) in [5, 5.41) is 5.55. The minimum atomic E-state index is -4.19. The van der Waals surface area contributed by atoms with Gasteiger partial charge in [0.25, 0.3) is 10.0 Å². The van der Waals surface area contributed by atoms with E-state index in [9.17, 15) is 18.0 Å². The number of urea groups is 1. The Morgan fingerprint density at radius 3 is 2.23 bits per heavy atom. The van der Waals surface area contributed by atoms with Crippen LogP contribution in [0.2, 0.25) is 5.02 Å². The number of carbonyl (C=O) groups is 3. The molecule has 0 unspecified atom stereocenters. The second kappa shape index (κ2) is 13.7. The molecule has 3 N–H and O–H groups in total. The number of halogens is 2. The van der Waals surface area contributed by atoms with E-state index in [4.69, 9.17) is 28.0 Å². The topological polar surface area (TPSA) is 121 Å². The summed E-state index contributed by atoms with van der Waals surface area (Å²) >= 11 is 12.6. The molecule has 2 amide bonds. The molecule has 35 heavy (non-hydrogen) atoms. The van der Waals surface area contributed by atoms with Gasteiger partial charge >= 0.3 is 6.03 Å². The highest BCUT2D eigenvalue weighted by Gasteiger charge is 2.21. The molecule has 0 saturated heterocycles. The first-order valence-corrected chi connectivity index (χ1v) is 12.7. The lowest BCUT2D eigenvalue weighted by Crippen LogP contribution is -2.34. The Bertz CT molecular complexity index is 1280. The number of carbonyl (C=O) groups excluding carboxylic acids is 3. The van der Waals surface area contributed by atoms with E-state index >= 15 is 0 Å². The van der Waals surface area contributed by atoms with Crippen molar-refractivity contribution in [3.05, 3.63) is 86.4 Å². The second-order valence-electron chi connectivity index (χ2n) is 6.41. The van der Waals surface area contributed by atoms with Gasteiger partial charge in [0, 0.05) is 35.1 Å². The summed E-state index contributed by atoms with van der Waals surface area (Å²) in [7, 11) is -2.47. The van der Waals surface area contributed by atoms with E-state index in [-0.39, 0.29) is 25.1 Å². The Kier molecular flexibility index (Phi) is 11.8. The molecule has 0 atom stereocenters. The van der Waals surface area contributed by atoms with E-state index in [1.165, 1.54) is 12.1 Å². The third kappa shape index (κ3) is 8.29. The van der Waals surface area contributed by atoms with Crippen LogP contribution < -0.4 is 15.4 Å². The van der Waals surface area contributed by atoms with Crippen LogP contribution in [0.25, 0.3) is 5.57 Å². The van der Waals surface area contributed by atoms with Gasteiger partial charge in [-0.05, 0) is 31.2 Å². The molecular formula is C23H23Cl2N3O5S2. The van der Waals surface area contributed by atoms with Crippen LogP contribution >= 0.6 is 35.0 Å². The van der Waals surface area contributed by atoms with Crippen molar-refractivity contribution in [1.82, 2.24) is 4.72 Å². The number of thioether (sulfide) groups is 1. The normalized spacial score (nSPS) is 10.9. The summed E-state index contributed by atoms with van der Waals surface area (Å²) in [4.78, 5) is 33.3. The summed E-state index contributed by atoms with van der Waals surface area (Å²) in [5.74, 6) is -0.231. The molecule has 0 aliphatic heterocycles. The number of rotatable bonds is 9. The summed E-state index contributed by atoms with van der Waals surface area (Å²) in [6.07, 6.45) is 1.65. The third-order valence-corrected chi connectivity index (χ3v) is 7.20. The predicted octanol–water partition coefficient (Wildman–Crippen LogP) is 5.85. The van der Waals surface area contributed by atoms with Crippen molar-refractivity contribution < 1.29 is 22.8 Å². The van der Waals surface area contributed by atoms with Gasteiger partial charge in [-0.15, -0.1) is 0 Å². The number of amides is 2. The highest BCUT2D eigenvalue weighted by atomic mass is 35.5. The quantitative estimate of drug-likeness (QED) is 0.262. The van der Waals surface area contributed by atoms with Gasteiger partial charge in [0.2, 0.25) is 0 Å². The second-order valence-corrected chi connectivity index (χ2v) is 10.6. The molecule has 186 valence electrons. The highest BCUT2D eigenvalue weighted by molar-refractivity contribution is 8.21. The number of ketones is 1. The number of benzene rings is 2. The van der Waals surface area contributed by atoms with Gasteiger partial charge < -0.3 is 15.4 Å². The van der Waals surface area contributed by atoms with E-state index in [2.05, 4.69) is 23.8 Å². The maximum atomic E-state index is 13.1. The molecule has 0 saturated carbocycles. The zero-order chi connectivity index (χ0) is 26.8. The molecule has 2 aromatic carbocycles. The lowest BCUT2D eigenvalue weighted by molar-refractivity contribution is -0.0980. The standard InChI is InChI=1S/C22H21Cl2N3O4S2.CH2O/c1-5-16(21(28)18-8-6-7-9-20(18)25-4)17-11-10-15(12-19(17)24)26-22(29)27-33(30,31)14(3)32-13(2)23;1-2/h5-12,25H,2-3H2,1,4H3,(H2,26,27,29);1H2/b16-5-;. The van der Waals surface area contributed by atoms with Crippen molar-refractivity contribution in [3.8, 4) is 0 Å². The Morgan fingerprint density at radius 1 is 1.06 bits per heavy atom. The van der Waals surface area contributed by atoms with E-state index in [1.807, 2.05) is 17.6 Å². The van der Waals surface area contributed by atoms with Crippen molar-refractivity contribution in [3.63, 3.8) is 0 Å². The van der Waals surface area contributed by atoms with Crippen molar-refractivity contribution in [1.29, 1.82) is 0 Å². The molecule has 2 rings (SSSR count). The number of Topliss-reactive ketones (excluding diaryl/α,β-unsaturated/α-hetero) is 1. The first kappa shape index (κ1) is 30.0.